The molecule has 8 heteroatoms. The fourth-order valence-electron chi connectivity index (χ4n) is 3.24. The molecule has 1 saturated heterocycles. The van der Waals surface area contributed by atoms with E-state index in [9.17, 15) is 9.59 Å². The van der Waals surface area contributed by atoms with Gasteiger partial charge in [0.2, 0.25) is 5.78 Å². The molecule has 30 heavy (non-hydrogen) atoms. The van der Waals surface area contributed by atoms with Gasteiger partial charge in [-0.1, -0.05) is 0 Å². The Morgan fingerprint density at radius 2 is 1.80 bits per heavy atom. The Balaban J connectivity index is 1.54. The monoisotopic (exact) mass is 411 g/mol. The number of rotatable bonds is 4. The first-order valence-electron chi connectivity index (χ1n) is 9.44. The quantitative estimate of drug-likeness (QED) is 0.715. The molecule has 0 bridgehead atoms. The van der Waals surface area contributed by atoms with E-state index in [-0.39, 0.29) is 11.5 Å². The first kappa shape index (κ1) is 19.8. The van der Waals surface area contributed by atoms with Crippen molar-refractivity contribution in [3.05, 3.63) is 53.3 Å². The molecule has 1 amide bonds. The standard InChI is InChI=1S/C22H21NO7/c1-26-15-4-6-18(27-2)14(11-15)12-20-21(24)17-5-3-16(13-19(17)30-20)29-22(25)23-7-9-28-10-8-23/h3-6,11-13H,7-10H2,1-2H3. The minimum Gasteiger partial charge on any atom is -0.497 e. The number of fused-ring (bicyclic) bond motifs is 1. The zero-order valence-electron chi connectivity index (χ0n) is 16.7. The number of methoxy groups -OCH3 is 2. The Kier molecular flexibility index (Phi) is 5.58. The van der Waals surface area contributed by atoms with Gasteiger partial charge in [0.05, 0.1) is 33.0 Å². The van der Waals surface area contributed by atoms with E-state index in [0.717, 1.165) is 0 Å². The van der Waals surface area contributed by atoms with E-state index in [1.54, 1.807) is 55.5 Å². The highest BCUT2D eigenvalue weighted by Crippen LogP contribution is 2.36. The third-order valence-corrected chi connectivity index (χ3v) is 4.84. The molecule has 2 aromatic carbocycles. The highest BCUT2D eigenvalue weighted by atomic mass is 16.6. The average molecular weight is 411 g/mol. The van der Waals surface area contributed by atoms with Gasteiger partial charge < -0.3 is 28.6 Å². The zero-order valence-corrected chi connectivity index (χ0v) is 16.7. The van der Waals surface area contributed by atoms with E-state index in [4.69, 9.17) is 23.7 Å². The van der Waals surface area contributed by atoms with Gasteiger partial charge in [0.25, 0.3) is 0 Å². The molecule has 0 spiro atoms. The van der Waals surface area contributed by atoms with Gasteiger partial charge >= 0.3 is 6.09 Å². The summed E-state index contributed by atoms with van der Waals surface area (Å²) in [7, 11) is 3.11. The van der Waals surface area contributed by atoms with Crippen LogP contribution < -0.4 is 18.9 Å². The molecule has 2 aromatic rings. The van der Waals surface area contributed by atoms with Crippen molar-refractivity contribution in [2.24, 2.45) is 0 Å². The summed E-state index contributed by atoms with van der Waals surface area (Å²) in [5, 5.41) is 0. The van der Waals surface area contributed by atoms with Crippen LogP contribution in [0.25, 0.3) is 6.08 Å². The number of ether oxygens (including phenoxy) is 5. The Hall–Kier alpha value is -3.52. The largest absolute Gasteiger partial charge is 0.497 e. The van der Waals surface area contributed by atoms with Crippen LogP contribution in [0.3, 0.4) is 0 Å². The van der Waals surface area contributed by atoms with Crippen molar-refractivity contribution < 1.29 is 33.3 Å². The van der Waals surface area contributed by atoms with Crippen molar-refractivity contribution in [3.63, 3.8) is 0 Å². The fourth-order valence-corrected chi connectivity index (χ4v) is 3.24. The lowest BCUT2D eigenvalue weighted by Crippen LogP contribution is -2.42. The number of amides is 1. The summed E-state index contributed by atoms with van der Waals surface area (Å²) in [6, 6.07) is 9.97. The molecule has 4 rings (SSSR count). The van der Waals surface area contributed by atoms with Crippen LogP contribution >= 0.6 is 0 Å². The van der Waals surface area contributed by atoms with Crippen LogP contribution in [0.1, 0.15) is 15.9 Å². The zero-order chi connectivity index (χ0) is 21.1. The van der Waals surface area contributed by atoms with Gasteiger partial charge in [-0.3, -0.25) is 4.79 Å². The molecule has 0 N–H and O–H groups in total. The van der Waals surface area contributed by atoms with Crippen LogP contribution in [0.4, 0.5) is 4.79 Å². The molecule has 0 saturated carbocycles. The first-order valence-corrected chi connectivity index (χ1v) is 9.44. The van der Waals surface area contributed by atoms with E-state index < -0.39 is 6.09 Å². The minimum absolute atomic E-state index is 0.146. The maximum absolute atomic E-state index is 12.7. The number of hydrogen-bond acceptors (Lipinski definition) is 7. The molecular weight excluding hydrogens is 390 g/mol. The number of morpholine rings is 1. The second-order valence-electron chi connectivity index (χ2n) is 6.67. The number of Topliss-reactive ketones (excluding diaryl/α,β-unsaturated/α-hetero) is 1. The van der Waals surface area contributed by atoms with Crippen LogP contribution in [0, 0.1) is 0 Å². The first-order chi connectivity index (χ1) is 14.6. The van der Waals surface area contributed by atoms with Crippen molar-refractivity contribution in [3.8, 4) is 23.0 Å². The van der Waals surface area contributed by atoms with Gasteiger partial charge in [0.1, 0.15) is 23.0 Å². The van der Waals surface area contributed by atoms with E-state index in [2.05, 4.69) is 0 Å². The summed E-state index contributed by atoms with van der Waals surface area (Å²) in [4.78, 5) is 26.6. The van der Waals surface area contributed by atoms with Gasteiger partial charge in [0, 0.05) is 24.7 Å². The van der Waals surface area contributed by atoms with Gasteiger partial charge in [0.15, 0.2) is 5.76 Å². The summed E-state index contributed by atoms with van der Waals surface area (Å²) in [6.07, 6.45) is 1.14. The van der Waals surface area contributed by atoms with E-state index in [0.29, 0.717) is 60.4 Å². The fraction of sp³-hybridized carbons (Fsp3) is 0.273. The van der Waals surface area contributed by atoms with Crippen LogP contribution in [0.5, 0.6) is 23.0 Å². The molecule has 1 fully saturated rings. The average Bonchev–Trinajstić information content (AvgIpc) is 3.08. The number of carbonyl (C=O) groups is 2. The smallest absolute Gasteiger partial charge is 0.415 e. The number of nitrogens with zero attached hydrogens (tertiary/aromatic N) is 1. The van der Waals surface area contributed by atoms with Crippen molar-refractivity contribution >= 4 is 18.0 Å². The molecule has 2 aliphatic heterocycles. The topological polar surface area (TPSA) is 83.5 Å². The van der Waals surface area contributed by atoms with Gasteiger partial charge in [-0.25, -0.2) is 4.79 Å². The summed E-state index contributed by atoms with van der Waals surface area (Å²) in [6.45, 7) is 1.93. The Morgan fingerprint density at radius 3 is 2.53 bits per heavy atom. The molecule has 0 aromatic heterocycles. The molecular formula is C22H21NO7. The SMILES string of the molecule is COc1ccc(OC)c(C=C2Oc3cc(OC(=O)N4CCOCC4)ccc3C2=O)c1. The van der Waals surface area contributed by atoms with Crippen molar-refractivity contribution in [2.75, 3.05) is 40.5 Å². The Morgan fingerprint density at radius 1 is 1.03 bits per heavy atom. The number of carbonyl (C=O) groups excluding carboxylic acids is 2. The molecule has 2 aliphatic rings. The van der Waals surface area contributed by atoms with Gasteiger partial charge in [-0.2, -0.15) is 0 Å². The van der Waals surface area contributed by atoms with Crippen LogP contribution in [0.2, 0.25) is 0 Å². The summed E-state index contributed by atoms with van der Waals surface area (Å²) >= 11 is 0. The molecule has 156 valence electrons. The lowest BCUT2D eigenvalue weighted by atomic mass is 10.1. The highest BCUT2D eigenvalue weighted by Gasteiger charge is 2.29. The van der Waals surface area contributed by atoms with E-state index in [1.165, 1.54) is 6.07 Å². The number of ketones is 1. The second kappa shape index (κ2) is 8.46. The predicted molar refractivity (Wildman–Crippen MR) is 107 cm³/mol. The molecule has 8 nitrogen and oxygen atoms in total. The third-order valence-electron chi connectivity index (χ3n) is 4.84. The van der Waals surface area contributed by atoms with Crippen LogP contribution in [-0.4, -0.2) is 57.3 Å². The molecule has 0 atom stereocenters. The Bertz CT molecular complexity index is 1010. The normalized spacial score (nSPS) is 16.8. The summed E-state index contributed by atoms with van der Waals surface area (Å²) in [5.74, 6) is 1.73. The van der Waals surface area contributed by atoms with Crippen LogP contribution in [0.15, 0.2) is 42.2 Å². The van der Waals surface area contributed by atoms with Crippen molar-refractivity contribution in [2.45, 2.75) is 0 Å². The molecule has 0 unspecified atom stereocenters. The number of benzene rings is 2. The summed E-state index contributed by atoms with van der Waals surface area (Å²) in [5.41, 5.74) is 1.04. The second-order valence-corrected chi connectivity index (χ2v) is 6.67. The maximum atomic E-state index is 12.7. The lowest BCUT2D eigenvalue weighted by molar-refractivity contribution is 0.0416. The number of allylic oxidation sites excluding steroid dienone is 1. The van der Waals surface area contributed by atoms with Gasteiger partial charge in [-0.05, 0) is 36.4 Å². The molecule has 0 aliphatic carbocycles. The number of hydrogen-bond donors (Lipinski definition) is 0. The van der Waals surface area contributed by atoms with Gasteiger partial charge in [-0.15, -0.1) is 0 Å². The van der Waals surface area contributed by atoms with Crippen LogP contribution in [-0.2, 0) is 4.74 Å². The van der Waals surface area contributed by atoms with E-state index in [1.807, 2.05) is 0 Å². The lowest BCUT2D eigenvalue weighted by Gasteiger charge is -2.25. The molecule has 0 radical (unpaired) electrons. The van der Waals surface area contributed by atoms with Crippen molar-refractivity contribution in [1.29, 1.82) is 0 Å². The summed E-state index contributed by atoms with van der Waals surface area (Å²) < 4.78 is 27.0. The highest BCUT2D eigenvalue weighted by molar-refractivity contribution is 6.14. The minimum atomic E-state index is -0.459. The Labute approximate surface area is 173 Å². The predicted octanol–water partition coefficient (Wildman–Crippen LogP) is 3.15. The van der Waals surface area contributed by atoms with E-state index >= 15 is 0 Å². The third kappa shape index (κ3) is 3.95. The van der Waals surface area contributed by atoms with Crippen molar-refractivity contribution in [1.82, 2.24) is 4.90 Å². The maximum Gasteiger partial charge on any atom is 0.415 e. The molecule has 2 heterocycles.